The number of benzene rings is 2. The number of nitrogens with zero attached hydrogens (tertiary/aromatic N) is 1. The number of carbonyl (C=O) groups excluding carboxylic acids is 1. The number of amides is 1. The molecule has 2 atom stereocenters. The molecule has 0 aromatic heterocycles. The van der Waals surface area contributed by atoms with Gasteiger partial charge >= 0.3 is 0 Å². The Kier molecular flexibility index (Phi) is 6.77. The first-order valence-corrected chi connectivity index (χ1v) is 13.2. The standard InChI is InChI=1S/C25H32N2O3S/c1-19(20-11-13-22(14-12-20)21-7-3-2-4-8-21)26-17-25(28)27(23-9-5-6-10-23)24-15-16-31(29,30)18-24/h2-4,7-8,11-14,19,23-24,26H,5-6,9-10,15-18H2,1H3. The molecule has 2 unspecified atom stereocenters. The van der Waals surface area contributed by atoms with Gasteiger partial charge in [-0.3, -0.25) is 4.79 Å². The Morgan fingerprint density at radius 1 is 0.968 bits per heavy atom. The zero-order chi connectivity index (χ0) is 21.8. The van der Waals surface area contributed by atoms with Crippen LogP contribution in [0.5, 0.6) is 0 Å². The minimum absolute atomic E-state index is 0.0294. The molecule has 1 saturated carbocycles. The first kappa shape index (κ1) is 22.0. The maximum atomic E-state index is 13.2. The van der Waals surface area contributed by atoms with Gasteiger partial charge in [-0.15, -0.1) is 0 Å². The second-order valence-corrected chi connectivity index (χ2v) is 11.1. The van der Waals surface area contributed by atoms with Crippen LogP contribution in [0.25, 0.3) is 11.1 Å². The van der Waals surface area contributed by atoms with E-state index in [2.05, 4.69) is 48.6 Å². The van der Waals surface area contributed by atoms with Crippen molar-refractivity contribution in [3.8, 4) is 11.1 Å². The van der Waals surface area contributed by atoms with Crippen molar-refractivity contribution in [2.75, 3.05) is 18.1 Å². The van der Waals surface area contributed by atoms with Crippen LogP contribution in [-0.4, -0.2) is 49.4 Å². The van der Waals surface area contributed by atoms with Crippen LogP contribution in [0, 0.1) is 0 Å². The summed E-state index contributed by atoms with van der Waals surface area (Å²) in [6.07, 6.45) is 4.77. The fourth-order valence-corrected chi connectivity index (χ4v) is 6.64. The van der Waals surface area contributed by atoms with Crippen LogP contribution in [0.1, 0.15) is 50.6 Å². The van der Waals surface area contributed by atoms with Gasteiger partial charge in [0.1, 0.15) is 0 Å². The summed E-state index contributed by atoms with van der Waals surface area (Å²) < 4.78 is 24.0. The van der Waals surface area contributed by atoms with Crippen LogP contribution in [-0.2, 0) is 14.6 Å². The largest absolute Gasteiger partial charge is 0.335 e. The molecule has 1 aliphatic carbocycles. The number of hydrogen-bond donors (Lipinski definition) is 1. The van der Waals surface area contributed by atoms with E-state index in [0.717, 1.165) is 31.2 Å². The SMILES string of the molecule is CC(NCC(=O)N(C1CCCC1)C1CCS(=O)(=O)C1)c1ccc(-c2ccccc2)cc1. The van der Waals surface area contributed by atoms with Crippen molar-refractivity contribution in [3.05, 3.63) is 60.2 Å². The average Bonchev–Trinajstić information content (AvgIpc) is 3.43. The molecule has 5 nitrogen and oxygen atoms in total. The molecule has 1 aliphatic heterocycles. The van der Waals surface area contributed by atoms with Crippen molar-refractivity contribution in [1.29, 1.82) is 0 Å². The molecule has 1 amide bonds. The summed E-state index contributed by atoms with van der Waals surface area (Å²) in [6, 6.07) is 18.7. The third-order valence-electron chi connectivity index (χ3n) is 6.69. The fraction of sp³-hybridized carbons (Fsp3) is 0.480. The molecule has 1 saturated heterocycles. The van der Waals surface area contributed by atoms with Gasteiger partial charge < -0.3 is 10.2 Å². The van der Waals surface area contributed by atoms with Gasteiger partial charge in [0, 0.05) is 18.1 Å². The van der Waals surface area contributed by atoms with E-state index in [1.165, 1.54) is 11.1 Å². The number of hydrogen-bond acceptors (Lipinski definition) is 4. The molecule has 166 valence electrons. The third kappa shape index (κ3) is 5.36. The highest BCUT2D eigenvalue weighted by molar-refractivity contribution is 7.91. The molecular weight excluding hydrogens is 408 g/mol. The zero-order valence-corrected chi connectivity index (χ0v) is 19.0. The number of nitrogens with one attached hydrogen (secondary N) is 1. The van der Waals surface area contributed by atoms with Crippen molar-refractivity contribution >= 4 is 15.7 Å². The lowest BCUT2D eigenvalue weighted by Crippen LogP contribution is -2.50. The zero-order valence-electron chi connectivity index (χ0n) is 18.2. The molecule has 31 heavy (non-hydrogen) atoms. The van der Waals surface area contributed by atoms with Crippen molar-refractivity contribution in [1.82, 2.24) is 10.2 Å². The van der Waals surface area contributed by atoms with Gasteiger partial charge in [-0.1, -0.05) is 67.4 Å². The van der Waals surface area contributed by atoms with Crippen molar-refractivity contribution in [3.63, 3.8) is 0 Å². The van der Waals surface area contributed by atoms with Crippen LogP contribution >= 0.6 is 0 Å². The lowest BCUT2D eigenvalue weighted by atomic mass is 10.0. The maximum absolute atomic E-state index is 13.2. The van der Waals surface area contributed by atoms with E-state index in [-0.39, 0.29) is 42.1 Å². The van der Waals surface area contributed by atoms with E-state index in [1.54, 1.807) is 0 Å². The van der Waals surface area contributed by atoms with E-state index in [1.807, 2.05) is 23.1 Å². The Labute approximate surface area is 185 Å². The van der Waals surface area contributed by atoms with Gasteiger partial charge in [0.05, 0.1) is 18.1 Å². The molecule has 6 heteroatoms. The predicted octanol–water partition coefficient (Wildman–Crippen LogP) is 3.96. The van der Waals surface area contributed by atoms with Gasteiger partial charge in [0.25, 0.3) is 0 Å². The van der Waals surface area contributed by atoms with Crippen LogP contribution in [0.4, 0.5) is 0 Å². The van der Waals surface area contributed by atoms with Gasteiger partial charge in [-0.25, -0.2) is 8.42 Å². The molecule has 2 aromatic carbocycles. The lowest BCUT2D eigenvalue weighted by Gasteiger charge is -2.34. The Hall–Kier alpha value is -2.18. The second kappa shape index (κ2) is 9.53. The first-order valence-electron chi connectivity index (χ1n) is 11.3. The van der Waals surface area contributed by atoms with Crippen molar-refractivity contribution in [2.45, 2.75) is 57.2 Å². The van der Waals surface area contributed by atoms with Crippen molar-refractivity contribution < 1.29 is 13.2 Å². The molecule has 2 aromatic rings. The summed E-state index contributed by atoms with van der Waals surface area (Å²) in [5.41, 5.74) is 3.48. The van der Waals surface area contributed by atoms with E-state index in [4.69, 9.17) is 0 Å². The quantitative estimate of drug-likeness (QED) is 0.708. The molecule has 0 bridgehead atoms. The average molecular weight is 441 g/mol. The Bertz CT molecular complexity index is 983. The highest BCUT2D eigenvalue weighted by Gasteiger charge is 2.38. The van der Waals surface area contributed by atoms with E-state index < -0.39 is 9.84 Å². The summed E-state index contributed by atoms with van der Waals surface area (Å²) in [5.74, 6) is 0.346. The fourth-order valence-electron chi connectivity index (χ4n) is 4.93. The van der Waals surface area contributed by atoms with Gasteiger partial charge in [0.15, 0.2) is 9.84 Å². The molecule has 2 fully saturated rings. The normalized spacial score (nSPS) is 21.8. The summed E-state index contributed by atoms with van der Waals surface area (Å²) >= 11 is 0. The van der Waals surface area contributed by atoms with Crippen LogP contribution < -0.4 is 5.32 Å². The van der Waals surface area contributed by atoms with Gasteiger partial charge in [0.2, 0.25) is 5.91 Å². The van der Waals surface area contributed by atoms with Crippen LogP contribution in [0.15, 0.2) is 54.6 Å². The molecule has 0 spiro atoms. The smallest absolute Gasteiger partial charge is 0.237 e. The molecule has 2 aliphatic rings. The maximum Gasteiger partial charge on any atom is 0.237 e. The van der Waals surface area contributed by atoms with Crippen LogP contribution in [0.3, 0.4) is 0 Å². The molecule has 1 heterocycles. The highest BCUT2D eigenvalue weighted by Crippen LogP contribution is 2.29. The highest BCUT2D eigenvalue weighted by atomic mass is 32.2. The number of rotatable bonds is 7. The molecule has 4 rings (SSSR count). The first-order chi connectivity index (χ1) is 14.9. The van der Waals surface area contributed by atoms with E-state index in [9.17, 15) is 13.2 Å². The summed E-state index contributed by atoms with van der Waals surface area (Å²) in [6.45, 7) is 2.29. The second-order valence-electron chi connectivity index (χ2n) is 8.89. The number of sulfone groups is 1. The Morgan fingerprint density at radius 2 is 1.61 bits per heavy atom. The summed E-state index contributed by atoms with van der Waals surface area (Å²) in [4.78, 5) is 15.1. The van der Waals surface area contributed by atoms with Crippen molar-refractivity contribution in [2.24, 2.45) is 0 Å². The van der Waals surface area contributed by atoms with Gasteiger partial charge in [-0.05, 0) is 42.9 Å². The Morgan fingerprint density at radius 3 is 2.23 bits per heavy atom. The van der Waals surface area contributed by atoms with Gasteiger partial charge in [-0.2, -0.15) is 0 Å². The van der Waals surface area contributed by atoms with E-state index in [0.29, 0.717) is 6.42 Å². The molecule has 0 radical (unpaired) electrons. The minimum Gasteiger partial charge on any atom is -0.335 e. The topological polar surface area (TPSA) is 66.5 Å². The predicted molar refractivity (Wildman–Crippen MR) is 124 cm³/mol. The summed E-state index contributed by atoms with van der Waals surface area (Å²) in [7, 11) is -3.02. The Balaban J connectivity index is 1.39. The monoisotopic (exact) mass is 440 g/mol. The third-order valence-corrected chi connectivity index (χ3v) is 8.44. The lowest BCUT2D eigenvalue weighted by molar-refractivity contribution is -0.134. The van der Waals surface area contributed by atoms with E-state index >= 15 is 0 Å². The molecule has 1 N–H and O–H groups in total. The van der Waals surface area contributed by atoms with Crippen LogP contribution in [0.2, 0.25) is 0 Å². The minimum atomic E-state index is -3.02. The summed E-state index contributed by atoms with van der Waals surface area (Å²) in [5, 5.41) is 3.37. The number of carbonyl (C=O) groups is 1. The molecular formula is C25H32N2O3S.